The minimum absolute atomic E-state index is 0.0226. The van der Waals surface area contributed by atoms with Crippen molar-refractivity contribution < 1.29 is 24.5 Å². The molecule has 344 valence electrons. The van der Waals surface area contributed by atoms with E-state index in [4.69, 9.17) is 4.74 Å². The zero-order chi connectivity index (χ0) is 43.0. The van der Waals surface area contributed by atoms with Crippen molar-refractivity contribution in [1.82, 2.24) is 5.32 Å². The standard InChI is InChI=1S/C53H97NO5/c1-3-5-7-9-11-13-15-16-17-18-19-20-23-27-31-35-39-43-47-53(58)59-48-44-40-36-32-28-24-21-22-26-30-34-38-42-46-52(57)54-50(49-55)51(56)45-41-37-33-29-25-14-12-10-8-6-4-2/h17-18,22,26,34,38,41,45,50-51,55-56H,3-16,19-21,23-25,27-33,35-37,39-40,42-44,46-49H2,1-2H3,(H,54,57)/b18-17-,26-22-,38-34-,45-41+. The Kier molecular flexibility index (Phi) is 46.7. The van der Waals surface area contributed by atoms with Gasteiger partial charge in [-0.1, -0.05) is 210 Å². The third kappa shape index (κ3) is 45.2. The first-order valence-corrected chi connectivity index (χ1v) is 25.4. The van der Waals surface area contributed by atoms with Crippen molar-refractivity contribution in [2.24, 2.45) is 0 Å². The summed E-state index contributed by atoms with van der Waals surface area (Å²) in [5.74, 6) is -0.174. The molecule has 0 aliphatic carbocycles. The average Bonchev–Trinajstić information content (AvgIpc) is 3.24. The number of hydrogen-bond donors (Lipinski definition) is 3. The fraction of sp³-hybridized carbons (Fsp3) is 0.811. The van der Waals surface area contributed by atoms with E-state index >= 15 is 0 Å². The number of ether oxygens (including phenoxy) is 1. The normalized spacial score (nSPS) is 13.1. The van der Waals surface area contributed by atoms with E-state index in [1.165, 1.54) is 167 Å². The summed E-state index contributed by atoms with van der Waals surface area (Å²) in [6.45, 7) is 4.81. The van der Waals surface area contributed by atoms with Crippen LogP contribution in [0, 0.1) is 0 Å². The number of amides is 1. The molecule has 3 N–H and O–H groups in total. The largest absolute Gasteiger partial charge is 0.466 e. The highest BCUT2D eigenvalue weighted by Gasteiger charge is 2.17. The Labute approximate surface area is 366 Å². The second-order valence-electron chi connectivity index (χ2n) is 17.1. The number of esters is 1. The number of hydrogen-bond acceptors (Lipinski definition) is 5. The van der Waals surface area contributed by atoms with E-state index in [0.29, 0.717) is 25.9 Å². The van der Waals surface area contributed by atoms with Crippen LogP contribution in [0.15, 0.2) is 48.6 Å². The fourth-order valence-corrected chi connectivity index (χ4v) is 7.38. The van der Waals surface area contributed by atoms with E-state index in [-0.39, 0.29) is 18.5 Å². The Balaban J connectivity index is 3.55. The van der Waals surface area contributed by atoms with Crippen LogP contribution in [0.1, 0.15) is 251 Å². The van der Waals surface area contributed by atoms with Gasteiger partial charge >= 0.3 is 5.97 Å². The molecule has 2 unspecified atom stereocenters. The van der Waals surface area contributed by atoms with Crippen LogP contribution in [0.4, 0.5) is 0 Å². The van der Waals surface area contributed by atoms with Gasteiger partial charge in [0.25, 0.3) is 0 Å². The number of aliphatic hydroxyl groups is 2. The lowest BCUT2D eigenvalue weighted by Gasteiger charge is -2.19. The summed E-state index contributed by atoms with van der Waals surface area (Å²) in [5, 5.41) is 22.9. The third-order valence-corrected chi connectivity index (χ3v) is 11.3. The Morgan fingerprint density at radius 3 is 1.34 bits per heavy atom. The molecule has 0 radical (unpaired) electrons. The van der Waals surface area contributed by atoms with Crippen LogP contribution in [-0.2, 0) is 14.3 Å². The highest BCUT2D eigenvalue weighted by Crippen LogP contribution is 2.14. The number of unbranched alkanes of at least 4 members (excludes halogenated alkanes) is 29. The lowest BCUT2D eigenvalue weighted by atomic mass is 10.1. The average molecular weight is 828 g/mol. The molecule has 0 saturated carbocycles. The van der Waals surface area contributed by atoms with E-state index in [0.717, 1.165) is 51.4 Å². The zero-order valence-electron chi connectivity index (χ0n) is 39.0. The molecule has 0 aromatic carbocycles. The Morgan fingerprint density at radius 2 is 0.864 bits per heavy atom. The molecule has 2 atom stereocenters. The van der Waals surface area contributed by atoms with Crippen molar-refractivity contribution >= 4 is 11.9 Å². The molecule has 6 heteroatoms. The highest BCUT2D eigenvalue weighted by molar-refractivity contribution is 5.76. The molecule has 0 saturated heterocycles. The quantitative estimate of drug-likeness (QED) is 0.0323. The number of rotatable bonds is 46. The molecular formula is C53H97NO5. The van der Waals surface area contributed by atoms with Gasteiger partial charge < -0.3 is 20.3 Å². The van der Waals surface area contributed by atoms with E-state index in [2.05, 4.69) is 49.5 Å². The van der Waals surface area contributed by atoms with Crippen molar-refractivity contribution in [2.75, 3.05) is 13.2 Å². The first-order valence-electron chi connectivity index (χ1n) is 25.4. The van der Waals surface area contributed by atoms with Gasteiger partial charge in [-0.05, 0) is 77.0 Å². The smallest absolute Gasteiger partial charge is 0.305 e. The third-order valence-electron chi connectivity index (χ3n) is 11.3. The van der Waals surface area contributed by atoms with E-state index in [9.17, 15) is 19.8 Å². The van der Waals surface area contributed by atoms with Crippen LogP contribution in [0.25, 0.3) is 0 Å². The van der Waals surface area contributed by atoms with E-state index < -0.39 is 12.1 Å². The van der Waals surface area contributed by atoms with Crippen LogP contribution >= 0.6 is 0 Å². The van der Waals surface area contributed by atoms with Crippen molar-refractivity contribution in [3.63, 3.8) is 0 Å². The Morgan fingerprint density at radius 1 is 0.475 bits per heavy atom. The monoisotopic (exact) mass is 828 g/mol. The van der Waals surface area contributed by atoms with Gasteiger partial charge in [0, 0.05) is 12.8 Å². The first-order chi connectivity index (χ1) is 29.0. The topological polar surface area (TPSA) is 95.9 Å². The molecule has 6 nitrogen and oxygen atoms in total. The summed E-state index contributed by atoms with van der Waals surface area (Å²) in [6.07, 6.45) is 59.8. The zero-order valence-corrected chi connectivity index (χ0v) is 39.0. The molecule has 0 aliphatic heterocycles. The van der Waals surface area contributed by atoms with Gasteiger partial charge in [-0.2, -0.15) is 0 Å². The van der Waals surface area contributed by atoms with Crippen LogP contribution in [0.2, 0.25) is 0 Å². The van der Waals surface area contributed by atoms with Gasteiger partial charge in [0.2, 0.25) is 5.91 Å². The van der Waals surface area contributed by atoms with Crippen molar-refractivity contribution in [3.8, 4) is 0 Å². The number of allylic oxidation sites excluding steroid dienone is 7. The Hall–Kier alpha value is -2.18. The van der Waals surface area contributed by atoms with Crippen LogP contribution in [0.3, 0.4) is 0 Å². The predicted molar refractivity (Wildman–Crippen MR) is 255 cm³/mol. The summed E-state index contributed by atoms with van der Waals surface area (Å²) in [6, 6.07) is -0.671. The van der Waals surface area contributed by atoms with Gasteiger partial charge in [0.05, 0.1) is 25.4 Å². The van der Waals surface area contributed by atoms with Crippen LogP contribution < -0.4 is 5.32 Å². The van der Waals surface area contributed by atoms with Gasteiger partial charge in [0.15, 0.2) is 0 Å². The predicted octanol–water partition coefficient (Wildman–Crippen LogP) is 15.1. The van der Waals surface area contributed by atoms with Gasteiger partial charge in [0.1, 0.15) is 0 Å². The molecular weight excluding hydrogens is 731 g/mol. The van der Waals surface area contributed by atoms with Gasteiger partial charge in [-0.25, -0.2) is 0 Å². The summed E-state index contributed by atoms with van der Waals surface area (Å²) < 4.78 is 5.46. The number of aliphatic hydroxyl groups excluding tert-OH is 2. The number of carbonyl (C=O) groups is 2. The Bertz CT molecular complexity index is 1000. The lowest BCUT2D eigenvalue weighted by molar-refractivity contribution is -0.143. The molecule has 0 aromatic heterocycles. The second-order valence-corrected chi connectivity index (χ2v) is 17.1. The van der Waals surface area contributed by atoms with Gasteiger partial charge in [-0.15, -0.1) is 0 Å². The molecule has 0 aliphatic rings. The maximum absolute atomic E-state index is 12.3. The molecule has 0 rings (SSSR count). The van der Waals surface area contributed by atoms with Crippen molar-refractivity contribution in [2.45, 2.75) is 264 Å². The molecule has 0 heterocycles. The van der Waals surface area contributed by atoms with Gasteiger partial charge in [-0.3, -0.25) is 9.59 Å². The summed E-state index contributed by atoms with van der Waals surface area (Å²) in [4.78, 5) is 24.4. The second kappa shape index (κ2) is 48.5. The van der Waals surface area contributed by atoms with E-state index in [1.54, 1.807) is 6.08 Å². The van der Waals surface area contributed by atoms with Crippen LogP contribution in [0.5, 0.6) is 0 Å². The maximum Gasteiger partial charge on any atom is 0.305 e. The molecule has 0 aromatic rings. The molecule has 0 fully saturated rings. The summed E-state index contributed by atoms with van der Waals surface area (Å²) in [5.41, 5.74) is 0. The minimum Gasteiger partial charge on any atom is -0.466 e. The summed E-state index contributed by atoms with van der Waals surface area (Å²) >= 11 is 0. The highest BCUT2D eigenvalue weighted by atomic mass is 16.5. The first kappa shape index (κ1) is 56.8. The molecule has 59 heavy (non-hydrogen) atoms. The van der Waals surface area contributed by atoms with E-state index in [1.807, 2.05) is 12.2 Å². The SMILES string of the molecule is CCCCCCCCC/C=C\CCCCCCCCCC(=O)OCCCCCCCC/C=C\C/C=C\CCC(=O)NC(CO)C(O)/C=C/CCCCCCCCCCC. The van der Waals surface area contributed by atoms with Crippen molar-refractivity contribution in [3.05, 3.63) is 48.6 Å². The number of carbonyl (C=O) groups excluding carboxylic acids is 2. The molecule has 1 amide bonds. The summed E-state index contributed by atoms with van der Waals surface area (Å²) in [7, 11) is 0. The lowest BCUT2D eigenvalue weighted by Crippen LogP contribution is -2.45. The fourth-order valence-electron chi connectivity index (χ4n) is 7.38. The minimum atomic E-state index is -0.878. The number of nitrogens with one attached hydrogen (secondary N) is 1. The molecule has 0 spiro atoms. The van der Waals surface area contributed by atoms with Crippen LogP contribution in [-0.4, -0.2) is 47.4 Å². The maximum atomic E-state index is 12.3. The molecule has 0 bridgehead atoms. The van der Waals surface area contributed by atoms with Crippen molar-refractivity contribution in [1.29, 1.82) is 0 Å².